The number of hydrogen-bond donors (Lipinski definition) is 0. The summed E-state index contributed by atoms with van der Waals surface area (Å²) in [7, 11) is 0. The normalized spacial score (nSPS) is 11.3. The van der Waals surface area contributed by atoms with E-state index in [1.54, 1.807) is 36.7 Å². The van der Waals surface area contributed by atoms with Crippen LogP contribution >= 0.6 is 0 Å². The minimum Gasteiger partial charge on any atom is -0.427 e. The second-order valence-electron chi connectivity index (χ2n) is 11.9. The van der Waals surface area contributed by atoms with Crippen LogP contribution < -0.4 is 9.47 Å². The third-order valence-electron chi connectivity index (χ3n) is 7.75. The van der Waals surface area contributed by atoms with Crippen LogP contribution in [0, 0.1) is 0 Å². The highest BCUT2D eigenvalue weighted by Crippen LogP contribution is 2.22. The maximum atomic E-state index is 12.2. The van der Waals surface area contributed by atoms with Crippen LogP contribution in [-0.2, 0) is 9.59 Å². The van der Waals surface area contributed by atoms with Crippen LogP contribution in [0.25, 0.3) is 0 Å². The smallest absolute Gasteiger partial charge is 0.311 e. The molecule has 0 bridgehead atoms. The molecule has 0 saturated carbocycles. The average molecular weight is 625 g/mol. The van der Waals surface area contributed by atoms with Gasteiger partial charge in [0.2, 0.25) is 0 Å². The van der Waals surface area contributed by atoms with E-state index in [-0.39, 0.29) is 11.9 Å². The fourth-order valence-electron chi connectivity index (χ4n) is 5.01. The average Bonchev–Trinajstić information content (AvgIpc) is 3.07. The van der Waals surface area contributed by atoms with Crippen LogP contribution in [-0.4, -0.2) is 24.4 Å². The summed E-state index contributed by atoms with van der Waals surface area (Å²) in [5.41, 5.74) is 3.37. The molecule has 46 heavy (non-hydrogen) atoms. The minimum atomic E-state index is -0.180. The number of nitrogens with zero attached hydrogens (tertiary/aromatic N) is 2. The van der Waals surface area contributed by atoms with Crippen LogP contribution in [0.2, 0.25) is 0 Å². The van der Waals surface area contributed by atoms with Gasteiger partial charge in [0, 0.05) is 25.3 Å². The highest BCUT2D eigenvalue weighted by atomic mass is 16.5. The van der Waals surface area contributed by atoms with Gasteiger partial charge in [-0.1, -0.05) is 97.0 Å². The van der Waals surface area contributed by atoms with Crippen molar-refractivity contribution in [2.24, 2.45) is 9.98 Å². The molecule has 0 N–H and O–H groups in total. The van der Waals surface area contributed by atoms with Crippen molar-refractivity contribution >= 4 is 35.7 Å². The third kappa shape index (κ3) is 15.8. The van der Waals surface area contributed by atoms with Crippen molar-refractivity contribution in [2.75, 3.05) is 0 Å². The van der Waals surface area contributed by atoms with Gasteiger partial charge in [0.05, 0.1) is 11.4 Å². The van der Waals surface area contributed by atoms with Crippen molar-refractivity contribution in [2.45, 2.75) is 117 Å². The molecule has 0 saturated heterocycles. The number of esters is 2. The lowest BCUT2D eigenvalue weighted by Gasteiger charge is -2.05. The molecule has 0 atom stereocenters. The zero-order chi connectivity index (χ0) is 32.7. The van der Waals surface area contributed by atoms with E-state index >= 15 is 0 Å². The summed E-state index contributed by atoms with van der Waals surface area (Å²) in [5, 5.41) is 0. The monoisotopic (exact) mass is 624 g/mol. The van der Waals surface area contributed by atoms with Crippen molar-refractivity contribution in [1.82, 2.24) is 0 Å². The molecule has 0 unspecified atom stereocenters. The lowest BCUT2D eigenvalue weighted by atomic mass is 10.1. The summed E-state index contributed by atoms with van der Waals surface area (Å²) in [5.74, 6) is 0.744. The standard InChI is InChI=1S/C40H52N2O4/c1-3-5-7-9-11-13-15-20-39(43)45-37-26-22-33(23-27-37)31-41-35-18-17-19-36(30-35)42-32-34-24-28-38(29-25-34)46-40(44)21-16-14-12-10-8-6-4-2/h17-19,22-32H,3-16,20-21H2,1-2H3. The number of carbonyl (C=O) groups excluding carboxylic acids is 2. The zero-order valence-electron chi connectivity index (χ0n) is 27.9. The van der Waals surface area contributed by atoms with Gasteiger partial charge in [-0.25, -0.2) is 0 Å². The molecule has 3 aromatic rings. The Morgan fingerprint density at radius 1 is 0.522 bits per heavy atom. The van der Waals surface area contributed by atoms with Crippen LogP contribution in [0.3, 0.4) is 0 Å². The van der Waals surface area contributed by atoms with E-state index in [1.165, 1.54) is 64.2 Å². The Hall–Kier alpha value is -4.06. The number of unbranched alkanes of at least 4 members (excludes halogenated alkanes) is 12. The predicted molar refractivity (Wildman–Crippen MR) is 190 cm³/mol. The quantitative estimate of drug-likeness (QED) is 0.0482. The molecule has 0 aliphatic heterocycles. The molecule has 6 nitrogen and oxygen atoms in total. The summed E-state index contributed by atoms with van der Waals surface area (Å²) < 4.78 is 11.0. The van der Waals surface area contributed by atoms with Gasteiger partial charge in [-0.3, -0.25) is 19.6 Å². The molecule has 0 aliphatic carbocycles. The molecule has 0 aromatic heterocycles. The number of ether oxygens (including phenoxy) is 2. The molecule has 246 valence electrons. The van der Waals surface area contributed by atoms with Gasteiger partial charge in [0.1, 0.15) is 11.5 Å². The summed E-state index contributed by atoms with van der Waals surface area (Å²) in [6, 6.07) is 22.4. The number of rotatable bonds is 22. The molecule has 0 fully saturated rings. The lowest BCUT2D eigenvalue weighted by molar-refractivity contribution is -0.135. The van der Waals surface area contributed by atoms with E-state index < -0.39 is 0 Å². The van der Waals surface area contributed by atoms with Gasteiger partial charge >= 0.3 is 11.9 Å². The number of aliphatic imine (C=N–C) groups is 2. The zero-order valence-corrected chi connectivity index (χ0v) is 27.9. The maximum Gasteiger partial charge on any atom is 0.311 e. The van der Waals surface area contributed by atoms with Crippen molar-refractivity contribution in [3.8, 4) is 11.5 Å². The SMILES string of the molecule is CCCCCCCCCC(=O)Oc1ccc(C=Nc2cccc(N=Cc3ccc(OC(=O)CCCCCCCCC)cc3)c2)cc1. The number of hydrogen-bond acceptors (Lipinski definition) is 6. The highest BCUT2D eigenvalue weighted by molar-refractivity contribution is 5.84. The molecular weight excluding hydrogens is 572 g/mol. The van der Waals surface area contributed by atoms with Crippen LogP contribution in [0.1, 0.15) is 128 Å². The van der Waals surface area contributed by atoms with Crippen molar-refractivity contribution in [3.05, 3.63) is 83.9 Å². The van der Waals surface area contributed by atoms with E-state index in [0.717, 1.165) is 48.2 Å². The summed E-state index contributed by atoms with van der Waals surface area (Å²) in [6.45, 7) is 4.43. The molecule has 0 spiro atoms. The second kappa shape index (κ2) is 22.4. The van der Waals surface area contributed by atoms with Gasteiger partial charge in [0.15, 0.2) is 0 Å². The fraction of sp³-hybridized carbons (Fsp3) is 0.450. The Morgan fingerprint density at radius 2 is 0.891 bits per heavy atom. The summed E-state index contributed by atoms with van der Waals surface area (Å²) >= 11 is 0. The summed E-state index contributed by atoms with van der Waals surface area (Å²) in [6.07, 6.45) is 20.9. The Balaban J connectivity index is 1.39. The van der Waals surface area contributed by atoms with Gasteiger partial charge in [-0.15, -0.1) is 0 Å². The van der Waals surface area contributed by atoms with Gasteiger partial charge in [-0.2, -0.15) is 0 Å². The maximum absolute atomic E-state index is 12.2. The lowest BCUT2D eigenvalue weighted by Crippen LogP contribution is -2.07. The molecular formula is C40H52N2O4. The minimum absolute atomic E-state index is 0.180. The number of benzene rings is 3. The molecule has 0 radical (unpaired) electrons. The van der Waals surface area contributed by atoms with Gasteiger partial charge in [-0.05, 0) is 90.7 Å². The van der Waals surface area contributed by atoms with Crippen LogP contribution in [0.15, 0.2) is 82.8 Å². The molecule has 0 amide bonds. The van der Waals surface area contributed by atoms with Gasteiger partial charge in [0.25, 0.3) is 0 Å². The first-order chi connectivity index (χ1) is 22.6. The van der Waals surface area contributed by atoms with Crippen LogP contribution in [0.5, 0.6) is 11.5 Å². The van der Waals surface area contributed by atoms with E-state index in [9.17, 15) is 9.59 Å². The largest absolute Gasteiger partial charge is 0.427 e. The topological polar surface area (TPSA) is 77.3 Å². The predicted octanol–water partition coefficient (Wildman–Crippen LogP) is 11.3. The first-order valence-electron chi connectivity index (χ1n) is 17.4. The van der Waals surface area contributed by atoms with E-state index in [2.05, 4.69) is 23.8 Å². The van der Waals surface area contributed by atoms with E-state index in [4.69, 9.17) is 9.47 Å². The Kier molecular flexibility index (Phi) is 17.8. The first-order valence-corrected chi connectivity index (χ1v) is 17.4. The number of carbonyl (C=O) groups is 2. The first kappa shape index (κ1) is 36.4. The molecule has 3 aromatic carbocycles. The van der Waals surface area contributed by atoms with Crippen molar-refractivity contribution < 1.29 is 19.1 Å². The molecule has 6 heteroatoms. The van der Waals surface area contributed by atoms with E-state index in [0.29, 0.717) is 24.3 Å². The fourth-order valence-corrected chi connectivity index (χ4v) is 5.01. The third-order valence-corrected chi connectivity index (χ3v) is 7.75. The second-order valence-corrected chi connectivity index (χ2v) is 11.9. The molecule has 0 aliphatic rings. The Bertz CT molecular complexity index is 1250. The van der Waals surface area contributed by atoms with Gasteiger partial charge < -0.3 is 9.47 Å². The van der Waals surface area contributed by atoms with Crippen molar-refractivity contribution in [3.63, 3.8) is 0 Å². The highest BCUT2D eigenvalue weighted by Gasteiger charge is 2.06. The van der Waals surface area contributed by atoms with Crippen molar-refractivity contribution in [1.29, 1.82) is 0 Å². The van der Waals surface area contributed by atoms with Crippen LogP contribution in [0.4, 0.5) is 11.4 Å². The van der Waals surface area contributed by atoms with E-state index in [1.807, 2.05) is 48.5 Å². The summed E-state index contributed by atoms with van der Waals surface area (Å²) in [4.78, 5) is 33.5. The Labute approximate surface area is 276 Å². The Morgan fingerprint density at radius 3 is 1.28 bits per heavy atom. The molecule has 3 rings (SSSR count). The molecule has 0 heterocycles.